The molecule has 2 heterocycles. The fourth-order valence-corrected chi connectivity index (χ4v) is 4.48. The number of anilines is 4. The minimum Gasteiger partial charge on any atom is -0.494 e. The first-order valence-electron chi connectivity index (χ1n) is 11.7. The van der Waals surface area contributed by atoms with Crippen molar-refractivity contribution in [3.63, 3.8) is 0 Å². The molecule has 9 nitrogen and oxygen atoms in total. The Morgan fingerprint density at radius 2 is 1.82 bits per heavy atom. The number of hydrogen-bond donors (Lipinski definition) is 3. The number of amides is 1. The number of methoxy groups -OCH3 is 1. The van der Waals surface area contributed by atoms with Crippen LogP contribution in [0.2, 0.25) is 0 Å². The summed E-state index contributed by atoms with van der Waals surface area (Å²) in [5.74, 6) is 0.907. The number of rotatable bonds is 9. The highest BCUT2D eigenvalue weighted by atomic mass is 19.1. The lowest BCUT2D eigenvalue weighted by molar-refractivity contribution is -0.118. The van der Waals surface area contributed by atoms with Gasteiger partial charge in [-0.2, -0.15) is 15.0 Å². The van der Waals surface area contributed by atoms with E-state index in [-0.39, 0.29) is 11.8 Å². The predicted molar refractivity (Wildman–Crippen MR) is 125 cm³/mol. The van der Waals surface area contributed by atoms with Gasteiger partial charge in [0.25, 0.3) is 0 Å². The standard InChI is InChI=1S/C23H32FN7O2/c1-33-20-11-10-17(13-19(20)24)27-23-29-21(25-14-18-9-6-12-31(18)15-32)28-22(30-23)26-16-7-4-2-3-5-8-16/h10-11,13,15-16,18H,2-9,12,14H2,1H3,(H3,25,26,27,28,29,30). The molecule has 0 radical (unpaired) electrons. The summed E-state index contributed by atoms with van der Waals surface area (Å²) in [4.78, 5) is 26.6. The van der Waals surface area contributed by atoms with Gasteiger partial charge in [0.2, 0.25) is 24.3 Å². The Morgan fingerprint density at radius 3 is 2.55 bits per heavy atom. The van der Waals surface area contributed by atoms with Crippen molar-refractivity contribution in [2.45, 2.75) is 63.5 Å². The maximum absolute atomic E-state index is 14.1. The topological polar surface area (TPSA) is 104 Å². The summed E-state index contributed by atoms with van der Waals surface area (Å²) in [7, 11) is 1.43. The largest absolute Gasteiger partial charge is 0.494 e. The van der Waals surface area contributed by atoms with Crippen molar-refractivity contribution in [3.8, 4) is 5.75 Å². The van der Waals surface area contributed by atoms with Gasteiger partial charge < -0.3 is 25.6 Å². The number of halogens is 1. The van der Waals surface area contributed by atoms with Crippen molar-refractivity contribution < 1.29 is 13.9 Å². The van der Waals surface area contributed by atoms with Crippen molar-refractivity contribution in [1.82, 2.24) is 19.9 Å². The molecular formula is C23H32FN7O2. The Labute approximate surface area is 193 Å². The second-order valence-electron chi connectivity index (χ2n) is 8.63. The van der Waals surface area contributed by atoms with Gasteiger partial charge in [0.1, 0.15) is 0 Å². The first-order valence-corrected chi connectivity index (χ1v) is 11.7. The molecule has 2 aliphatic rings. The van der Waals surface area contributed by atoms with Crippen LogP contribution in [-0.4, -0.2) is 58.5 Å². The van der Waals surface area contributed by atoms with Crippen LogP contribution < -0.4 is 20.7 Å². The molecule has 1 amide bonds. The van der Waals surface area contributed by atoms with E-state index in [1.165, 1.54) is 38.9 Å². The smallest absolute Gasteiger partial charge is 0.233 e. The van der Waals surface area contributed by atoms with Crippen molar-refractivity contribution in [2.24, 2.45) is 0 Å². The number of aromatic nitrogens is 3. The van der Waals surface area contributed by atoms with Crippen LogP contribution in [0.1, 0.15) is 51.4 Å². The molecule has 1 unspecified atom stereocenters. The third-order valence-electron chi connectivity index (χ3n) is 6.29. The van der Waals surface area contributed by atoms with Crippen LogP contribution in [0.4, 0.5) is 27.9 Å². The van der Waals surface area contributed by atoms with Gasteiger partial charge in [0, 0.05) is 36.9 Å². The minimum absolute atomic E-state index is 0.115. The number of ether oxygens (including phenoxy) is 1. The summed E-state index contributed by atoms with van der Waals surface area (Å²) < 4.78 is 19.1. The Morgan fingerprint density at radius 1 is 1.06 bits per heavy atom. The highest BCUT2D eigenvalue weighted by Crippen LogP contribution is 2.25. The van der Waals surface area contributed by atoms with Crippen molar-refractivity contribution in [3.05, 3.63) is 24.0 Å². The predicted octanol–water partition coefficient (Wildman–Crippen LogP) is 3.93. The fourth-order valence-electron chi connectivity index (χ4n) is 4.48. The molecule has 0 spiro atoms. The molecular weight excluding hydrogens is 425 g/mol. The molecule has 1 saturated carbocycles. The summed E-state index contributed by atoms with van der Waals surface area (Å²) in [5.41, 5.74) is 0.508. The van der Waals surface area contributed by atoms with E-state index in [1.807, 2.05) is 0 Å². The first-order chi connectivity index (χ1) is 16.1. The monoisotopic (exact) mass is 457 g/mol. The molecule has 178 valence electrons. The molecule has 1 aliphatic heterocycles. The van der Waals surface area contributed by atoms with Gasteiger partial charge in [-0.1, -0.05) is 25.7 Å². The third kappa shape index (κ3) is 6.21. The second kappa shape index (κ2) is 11.1. The Bertz CT molecular complexity index is 937. The zero-order valence-corrected chi connectivity index (χ0v) is 19.0. The molecule has 1 aromatic heterocycles. The summed E-state index contributed by atoms with van der Waals surface area (Å²) in [6.45, 7) is 1.33. The zero-order valence-electron chi connectivity index (χ0n) is 19.0. The first kappa shape index (κ1) is 23.0. The quantitative estimate of drug-likeness (QED) is 0.384. The Kier molecular flexibility index (Phi) is 7.74. The van der Waals surface area contributed by atoms with Gasteiger partial charge in [-0.25, -0.2) is 4.39 Å². The van der Waals surface area contributed by atoms with E-state index < -0.39 is 5.82 Å². The van der Waals surface area contributed by atoms with E-state index >= 15 is 0 Å². The molecule has 10 heteroatoms. The van der Waals surface area contributed by atoms with Crippen LogP contribution in [0, 0.1) is 5.82 Å². The average molecular weight is 458 g/mol. The molecule has 0 bridgehead atoms. The van der Waals surface area contributed by atoms with Crippen LogP contribution in [0.3, 0.4) is 0 Å². The van der Waals surface area contributed by atoms with E-state index in [1.54, 1.807) is 17.0 Å². The van der Waals surface area contributed by atoms with Crippen molar-refractivity contribution in [2.75, 3.05) is 36.1 Å². The van der Waals surface area contributed by atoms with Gasteiger partial charge in [-0.3, -0.25) is 4.79 Å². The highest BCUT2D eigenvalue weighted by Gasteiger charge is 2.23. The normalized spacial score (nSPS) is 19.1. The van der Waals surface area contributed by atoms with E-state index in [2.05, 4.69) is 30.9 Å². The number of hydrogen-bond acceptors (Lipinski definition) is 8. The number of benzene rings is 1. The Balaban J connectivity index is 1.52. The van der Waals surface area contributed by atoms with E-state index in [0.29, 0.717) is 36.1 Å². The number of carbonyl (C=O) groups excluding carboxylic acids is 1. The molecule has 2 fully saturated rings. The van der Waals surface area contributed by atoms with Crippen molar-refractivity contribution >= 4 is 29.9 Å². The fraction of sp³-hybridized carbons (Fsp3) is 0.565. The number of likely N-dealkylation sites (tertiary alicyclic amines) is 1. The molecule has 3 N–H and O–H groups in total. The van der Waals surface area contributed by atoms with Gasteiger partial charge in [0.15, 0.2) is 11.6 Å². The molecule has 2 aromatic rings. The molecule has 1 atom stereocenters. The highest BCUT2D eigenvalue weighted by molar-refractivity contribution is 5.57. The second-order valence-corrected chi connectivity index (χ2v) is 8.63. The lowest BCUT2D eigenvalue weighted by Gasteiger charge is -2.21. The summed E-state index contributed by atoms with van der Waals surface area (Å²) in [6, 6.07) is 5.03. The molecule has 1 saturated heterocycles. The SMILES string of the molecule is COc1ccc(Nc2nc(NCC3CCCN3C=O)nc(NC3CCCCCC3)n2)cc1F. The molecule has 4 rings (SSSR count). The van der Waals surface area contributed by atoms with Gasteiger partial charge in [-0.05, 0) is 37.8 Å². The van der Waals surface area contributed by atoms with Gasteiger partial charge in [0.05, 0.1) is 7.11 Å². The van der Waals surface area contributed by atoms with E-state index in [4.69, 9.17) is 4.74 Å². The minimum atomic E-state index is -0.470. The molecule has 1 aliphatic carbocycles. The number of nitrogens with one attached hydrogen (secondary N) is 3. The maximum Gasteiger partial charge on any atom is 0.233 e. The van der Waals surface area contributed by atoms with E-state index in [9.17, 15) is 9.18 Å². The lowest BCUT2D eigenvalue weighted by Crippen LogP contribution is -2.34. The number of carbonyl (C=O) groups is 1. The average Bonchev–Trinajstić information content (AvgIpc) is 3.12. The van der Waals surface area contributed by atoms with E-state index in [0.717, 1.165) is 38.6 Å². The molecule has 33 heavy (non-hydrogen) atoms. The van der Waals surface area contributed by atoms with Crippen LogP contribution in [0.25, 0.3) is 0 Å². The van der Waals surface area contributed by atoms with Crippen LogP contribution in [0.15, 0.2) is 18.2 Å². The van der Waals surface area contributed by atoms with Crippen LogP contribution in [0.5, 0.6) is 5.75 Å². The summed E-state index contributed by atoms with van der Waals surface area (Å²) in [5, 5.41) is 9.79. The lowest BCUT2D eigenvalue weighted by atomic mass is 10.1. The number of nitrogens with zero attached hydrogens (tertiary/aromatic N) is 4. The molecule has 1 aromatic carbocycles. The zero-order chi connectivity index (χ0) is 23.0. The van der Waals surface area contributed by atoms with Gasteiger partial charge >= 0.3 is 0 Å². The maximum atomic E-state index is 14.1. The van der Waals surface area contributed by atoms with Gasteiger partial charge in [-0.15, -0.1) is 0 Å². The van der Waals surface area contributed by atoms with Crippen LogP contribution in [-0.2, 0) is 4.79 Å². The summed E-state index contributed by atoms with van der Waals surface area (Å²) in [6.07, 6.45) is 9.89. The van der Waals surface area contributed by atoms with Crippen LogP contribution >= 0.6 is 0 Å². The third-order valence-corrected chi connectivity index (χ3v) is 6.29. The summed E-state index contributed by atoms with van der Waals surface area (Å²) >= 11 is 0. The Hall–Kier alpha value is -3.17. The van der Waals surface area contributed by atoms with Crippen molar-refractivity contribution in [1.29, 1.82) is 0 Å².